The summed E-state index contributed by atoms with van der Waals surface area (Å²) in [5, 5.41) is 15.3. The first kappa shape index (κ1) is 24.5. The third-order valence-corrected chi connectivity index (χ3v) is 6.41. The number of anilines is 1. The zero-order chi connectivity index (χ0) is 24.0. The zero-order valence-corrected chi connectivity index (χ0v) is 20.6. The van der Waals surface area contributed by atoms with Crippen molar-refractivity contribution in [2.45, 2.75) is 45.3 Å². The fourth-order valence-electron chi connectivity index (χ4n) is 3.53. The van der Waals surface area contributed by atoms with Gasteiger partial charge in [0, 0.05) is 18.3 Å². The lowest BCUT2D eigenvalue weighted by atomic mass is 10.0. The molecule has 1 atom stereocenters. The predicted molar refractivity (Wildman–Crippen MR) is 132 cm³/mol. The molecule has 2 amide bonds. The van der Waals surface area contributed by atoms with Crippen molar-refractivity contribution in [3.8, 4) is 0 Å². The van der Waals surface area contributed by atoms with E-state index in [2.05, 4.69) is 27.8 Å². The molecule has 3 rings (SSSR count). The summed E-state index contributed by atoms with van der Waals surface area (Å²) in [5.41, 5.74) is 3.58. The van der Waals surface area contributed by atoms with Crippen molar-refractivity contribution in [3.63, 3.8) is 0 Å². The van der Waals surface area contributed by atoms with Gasteiger partial charge in [-0.15, -0.1) is 10.2 Å². The van der Waals surface area contributed by atoms with Crippen molar-refractivity contribution in [1.29, 1.82) is 0 Å². The first-order valence-corrected chi connectivity index (χ1v) is 12.1. The maximum atomic E-state index is 12.8. The van der Waals surface area contributed by atoms with Crippen LogP contribution in [0.15, 0.2) is 53.7 Å². The van der Waals surface area contributed by atoms with Gasteiger partial charge in [-0.25, -0.2) is 0 Å². The van der Waals surface area contributed by atoms with E-state index in [-0.39, 0.29) is 29.5 Å². The SMILES string of the molecule is CCc1ccccc1NC(=O)CSc1nnc([C@@H](NC(=O)c2cccc(C)c2)C(C)C)n1C. The number of aryl methyl sites for hydroxylation is 2. The van der Waals surface area contributed by atoms with Gasteiger partial charge in [0.05, 0.1) is 11.8 Å². The van der Waals surface area contributed by atoms with E-state index in [1.54, 1.807) is 6.07 Å². The smallest absolute Gasteiger partial charge is 0.251 e. The minimum Gasteiger partial charge on any atom is -0.342 e. The number of para-hydroxylation sites is 1. The Morgan fingerprint density at radius 1 is 1.09 bits per heavy atom. The van der Waals surface area contributed by atoms with Crippen molar-refractivity contribution in [2.75, 3.05) is 11.1 Å². The molecule has 0 saturated carbocycles. The number of rotatable bonds is 9. The molecule has 1 aromatic heterocycles. The molecule has 1 heterocycles. The number of nitrogens with one attached hydrogen (secondary N) is 2. The monoisotopic (exact) mass is 465 g/mol. The summed E-state index contributed by atoms with van der Waals surface area (Å²) < 4.78 is 1.85. The second kappa shape index (κ2) is 11.1. The summed E-state index contributed by atoms with van der Waals surface area (Å²) in [7, 11) is 1.86. The zero-order valence-electron chi connectivity index (χ0n) is 19.8. The van der Waals surface area contributed by atoms with Gasteiger partial charge >= 0.3 is 0 Å². The number of amides is 2. The summed E-state index contributed by atoms with van der Waals surface area (Å²) in [6.07, 6.45) is 0.848. The lowest BCUT2D eigenvalue weighted by Crippen LogP contribution is -2.33. The lowest BCUT2D eigenvalue weighted by Gasteiger charge is -2.22. The topological polar surface area (TPSA) is 88.9 Å². The number of carbonyl (C=O) groups is 2. The molecule has 33 heavy (non-hydrogen) atoms. The van der Waals surface area contributed by atoms with Crippen molar-refractivity contribution >= 4 is 29.3 Å². The molecule has 8 heteroatoms. The van der Waals surface area contributed by atoms with Crippen LogP contribution in [0.1, 0.15) is 54.1 Å². The molecule has 7 nitrogen and oxygen atoms in total. The van der Waals surface area contributed by atoms with Crippen LogP contribution in [0.4, 0.5) is 5.69 Å². The third-order valence-electron chi connectivity index (χ3n) is 5.38. The van der Waals surface area contributed by atoms with Gasteiger partial charge in [-0.1, -0.05) is 68.4 Å². The molecular formula is C25H31N5O2S. The van der Waals surface area contributed by atoms with Gasteiger partial charge in [0.15, 0.2) is 11.0 Å². The fraction of sp³-hybridized carbons (Fsp3) is 0.360. The third kappa shape index (κ3) is 6.22. The number of nitrogens with zero attached hydrogens (tertiary/aromatic N) is 3. The van der Waals surface area contributed by atoms with Gasteiger partial charge in [0.2, 0.25) is 5.91 Å². The highest BCUT2D eigenvalue weighted by Crippen LogP contribution is 2.25. The largest absolute Gasteiger partial charge is 0.342 e. The van der Waals surface area contributed by atoms with E-state index in [9.17, 15) is 9.59 Å². The van der Waals surface area contributed by atoms with Crippen molar-refractivity contribution in [3.05, 3.63) is 71.0 Å². The van der Waals surface area contributed by atoms with Crippen LogP contribution in [0.2, 0.25) is 0 Å². The van der Waals surface area contributed by atoms with Crippen molar-refractivity contribution < 1.29 is 9.59 Å². The summed E-state index contributed by atoms with van der Waals surface area (Å²) in [5.74, 6) is 0.729. The van der Waals surface area contributed by atoms with Crippen LogP contribution in [0.5, 0.6) is 0 Å². The summed E-state index contributed by atoms with van der Waals surface area (Å²) >= 11 is 1.32. The molecule has 0 spiro atoms. The van der Waals surface area contributed by atoms with E-state index in [0.717, 1.165) is 23.2 Å². The fourth-order valence-corrected chi connectivity index (χ4v) is 4.25. The quantitative estimate of drug-likeness (QED) is 0.453. The highest BCUT2D eigenvalue weighted by atomic mass is 32.2. The van der Waals surface area contributed by atoms with Gasteiger partial charge < -0.3 is 15.2 Å². The number of benzene rings is 2. The van der Waals surface area contributed by atoms with Gasteiger partial charge in [0.25, 0.3) is 5.91 Å². The van der Waals surface area contributed by atoms with Gasteiger partial charge in [-0.05, 0) is 43.0 Å². The Kier molecular flexibility index (Phi) is 8.27. The number of aromatic nitrogens is 3. The number of hydrogen-bond acceptors (Lipinski definition) is 5. The Bertz CT molecular complexity index is 1130. The van der Waals surface area contributed by atoms with Crippen LogP contribution in [0.25, 0.3) is 0 Å². The highest BCUT2D eigenvalue weighted by molar-refractivity contribution is 7.99. The van der Waals surface area contributed by atoms with E-state index >= 15 is 0 Å². The first-order chi connectivity index (χ1) is 15.8. The molecule has 0 saturated heterocycles. The molecule has 174 valence electrons. The second-order valence-electron chi connectivity index (χ2n) is 8.31. The van der Waals surface area contributed by atoms with Crippen LogP contribution in [0.3, 0.4) is 0 Å². The van der Waals surface area contributed by atoms with E-state index < -0.39 is 0 Å². The van der Waals surface area contributed by atoms with Crippen LogP contribution < -0.4 is 10.6 Å². The van der Waals surface area contributed by atoms with E-state index in [0.29, 0.717) is 16.5 Å². The van der Waals surface area contributed by atoms with E-state index in [4.69, 9.17) is 0 Å². The van der Waals surface area contributed by atoms with Crippen LogP contribution >= 0.6 is 11.8 Å². The summed E-state index contributed by atoms with van der Waals surface area (Å²) in [6.45, 7) is 8.08. The molecular weight excluding hydrogens is 434 g/mol. The molecule has 0 bridgehead atoms. The lowest BCUT2D eigenvalue weighted by molar-refractivity contribution is -0.113. The first-order valence-electron chi connectivity index (χ1n) is 11.1. The number of carbonyl (C=O) groups excluding carboxylic acids is 2. The Morgan fingerprint density at radius 3 is 2.55 bits per heavy atom. The normalized spacial score (nSPS) is 11.9. The molecule has 0 radical (unpaired) electrons. The molecule has 0 aliphatic carbocycles. The molecule has 0 aliphatic rings. The number of thioether (sulfide) groups is 1. The average molecular weight is 466 g/mol. The standard InChI is InChI=1S/C25H31N5O2S/c1-6-18-11-7-8-13-20(18)26-21(31)15-33-25-29-28-23(30(25)5)22(16(2)3)27-24(32)19-12-9-10-17(4)14-19/h7-14,16,22H,6,15H2,1-5H3,(H,26,31)(H,27,32)/t22-/m0/s1. The summed E-state index contributed by atoms with van der Waals surface area (Å²) in [6, 6.07) is 15.0. The number of hydrogen-bond donors (Lipinski definition) is 2. The minimum atomic E-state index is -0.310. The molecule has 0 aliphatic heterocycles. The van der Waals surface area contributed by atoms with Gasteiger partial charge in [-0.3, -0.25) is 9.59 Å². The van der Waals surface area contributed by atoms with Crippen molar-refractivity contribution in [2.24, 2.45) is 13.0 Å². The maximum Gasteiger partial charge on any atom is 0.251 e. The van der Waals surface area contributed by atoms with E-state index in [1.807, 2.05) is 74.9 Å². The molecule has 0 unspecified atom stereocenters. The Labute approximate surface area is 199 Å². The predicted octanol–water partition coefficient (Wildman–Crippen LogP) is 4.54. The van der Waals surface area contributed by atoms with Gasteiger partial charge in [-0.2, -0.15) is 0 Å². The van der Waals surface area contributed by atoms with Gasteiger partial charge in [0.1, 0.15) is 0 Å². The molecule has 3 aromatic rings. The van der Waals surface area contributed by atoms with E-state index in [1.165, 1.54) is 11.8 Å². The van der Waals surface area contributed by atoms with Crippen molar-refractivity contribution in [1.82, 2.24) is 20.1 Å². The molecule has 2 aromatic carbocycles. The maximum absolute atomic E-state index is 12.8. The molecule has 2 N–H and O–H groups in total. The van der Waals surface area contributed by atoms with Crippen LogP contribution in [-0.4, -0.2) is 32.3 Å². The van der Waals surface area contributed by atoms with Crippen LogP contribution in [0, 0.1) is 12.8 Å². The Balaban J connectivity index is 1.67. The molecule has 0 fully saturated rings. The summed E-state index contributed by atoms with van der Waals surface area (Å²) in [4.78, 5) is 25.3. The van der Waals surface area contributed by atoms with Crippen LogP contribution in [-0.2, 0) is 18.3 Å². The Morgan fingerprint density at radius 2 is 1.85 bits per heavy atom. The second-order valence-corrected chi connectivity index (χ2v) is 9.25. The Hall–Kier alpha value is -3.13. The average Bonchev–Trinajstić information content (AvgIpc) is 3.16. The highest BCUT2D eigenvalue weighted by Gasteiger charge is 2.25. The minimum absolute atomic E-state index is 0.0985.